The van der Waals surface area contributed by atoms with Crippen LogP contribution in [-0.2, 0) is 0 Å². The van der Waals surface area contributed by atoms with Gasteiger partial charge in [0.15, 0.2) is 0 Å². The predicted molar refractivity (Wildman–Crippen MR) is 21.2 cm³/mol. The summed E-state index contributed by atoms with van der Waals surface area (Å²) in [7, 11) is 0. The van der Waals surface area contributed by atoms with E-state index in [1.165, 1.54) is 0 Å². The minimum atomic E-state index is -2.11. The van der Waals surface area contributed by atoms with Gasteiger partial charge in [-0.1, -0.05) is 0 Å². The number of hydrogen-bond donors (Lipinski definition) is 0. The predicted octanol–water partition coefficient (Wildman–Crippen LogP) is 1.24. The Balaban J connectivity index is 0. The molecule has 0 rings (SSSR count). The van der Waals surface area contributed by atoms with Crippen LogP contribution in [0.1, 0.15) is 0 Å². The van der Waals surface area contributed by atoms with E-state index in [-0.39, 0.29) is 5.48 Å². The van der Waals surface area contributed by atoms with E-state index in [0.29, 0.717) is 0 Å². The Hall–Kier alpha value is 2.17. The first-order valence-electron chi connectivity index (χ1n) is 0.463. The third kappa shape index (κ3) is 22.8. The zero-order chi connectivity index (χ0) is 3.58. The van der Waals surface area contributed by atoms with E-state index in [0.717, 1.165) is 0 Å². The van der Waals surface area contributed by atoms with Crippen molar-refractivity contribution in [2.75, 3.05) is 0 Å². The van der Waals surface area contributed by atoms with Crippen LogP contribution in [0.2, 0.25) is 0 Å². The van der Waals surface area contributed by atoms with E-state index in [2.05, 4.69) is 0 Å². The van der Waals surface area contributed by atoms with Gasteiger partial charge in [0.05, 0.1) is 0 Å². The molecule has 0 atom stereocenters. The third-order valence-electron chi connectivity index (χ3n) is 0. The van der Waals surface area contributed by atoms with Crippen molar-refractivity contribution < 1.29 is 35.0 Å². The number of hydrogen-bond acceptors (Lipinski definition) is 0. The molecule has 35 valence electrons. The third-order valence-corrected chi connectivity index (χ3v) is 0. The van der Waals surface area contributed by atoms with Gasteiger partial charge in [0.1, 0.15) is 0 Å². The van der Waals surface area contributed by atoms with Crippen LogP contribution in [0.3, 0.4) is 0 Å². The quantitative estimate of drug-likeness (QED) is 0.637. The molecule has 0 aromatic heterocycles. The average Bonchev–Trinajstić information content (AvgIpc) is 0.811. The van der Waals surface area contributed by atoms with Gasteiger partial charge in [0.25, 0.3) is 0 Å². The van der Waals surface area contributed by atoms with Gasteiger partial charge in [-0.2, -0.15) is 0 Å². The summed E-state index contributed by atoms with van der Waals surface area (Å²) in [6, 6.07) is 0. The summed E-state index contributed by atoms with van der Waals surface area (Å²) >= 11 is -2.11. The van der Waals surface area contributed by atoms with Gasteiger partial charge in [-0.05, 0) is 0 Å². The fraction of sp³-hybridized carbons (Fsp3) is 0. The van der Waals surface area contributed by atoms with E-state index in [4.69, 9.17) is 17.7 Å². The summed E-state index contributed by atoms with van der Waals surface area (Å²) in [6.45, 7) is 0. The summed E-state index contributed by atoms with van der Waals surface area (Å²) in [5, 5.41) is 0. The first-order chi connectivity index (χ1) is 1.73. The molecule has 0 aliphatic carbocycles. The van der Waals surface area contributed by atoms with E-state index in [9.17, 15) is 0 Å². The van der Waals surface area contributed by atoms with Crippen molar-refractivity contribution in [1.82, 2.24) is 0 Å². The normalized spacial score (nSPS) is 7.20. The van der Waals surface area contributed by atoms with E-state index >= 15 is 0 Å². The molecule has 0 aromatic carbocycles. The molecule has 0 saturated heterocycles. The van der Waals surface area contributed by atoms with Crippen LogP contribution >= 0.6 is 17.7 Å². The van der Waals surface area contributed by atoms with Crippen molar-refractivity contribution >= 4 is 17.7 Å². The number of rotatable bonds is 0. The molecule has 0 fully saturated rings. The molecule has 1 nitrogen and oxygen atoms in total. The molecule has 5 heavy (non-hydrogen) atoms. The van der Waals surface area contributed by atoms with Crippen molar-refractivity contribution in [3.63, 3.8) is 0 Å². The summed E-state index contributed by atoms with van der Waals surface area (Å²) in [5.74, 6) is 15.0. The van der Waals surface area contributed by atoms with Crippen molar-refractivity contribution in [1.29, 1.82) is 0 Å². The summed E-state index contributed by atoms with van der Waals surface area (Å²) < 4.78 is 0. The van der Waals surface area contributed by atoms with Gasteiger partial charge >= 0.3 is 47.2 Å². The topological polar surface area (TPSA) is 31.5 Å². The summed E-state index contributed by atoms with van der Waals surface area (Å²) in [5.41, 5.74) is 0. The standard InChI is InChI=1S/3ClH.H2O.Sm/h3*1H;1H2;/q;;;;+3/p-3. The molecule has 0 radical (unpaired) electrons. The molecular formula is H2Cl3OSm. The molecule has 0 aliphatic heterocycles. The van der Waals surface area contributed by atoms with E-state index in [1.54, 1.807) is 0 Å². The van der Waals surface area contributed by atoms with Gasteiger partial charge in [0.2, 0.25) is 0 Å². The van der Waals surface area contributed by atoms with Crippen LogP contribution < -0.4 is 0 Å². The zero-order valence-electron chi connectivity index (χ0n) is 2.04. The van der Waals surface area contributed by atoms with Gasteiger partial charge < -0.3 is 5.48 Å². The van der Waals surface area contributed by atoms with Crippen LogP contribution in [0.5, 0.6) is 0 Å². The Morgan fingerprint density at radius 1 is 1.00 bits per heavy atom. The maximum atomic E-state index is 5.00. The molecule has 0 aromatic rings. The minimum absolute atomic E-state index is 0. The molecule has 0 saturated carbocycles. The molecule has 0 bridgehead atoms. The van der Waals surface area contributed by atoms with Crippen molar-refractivity contribution in [2.24, 2.45) is 0 Å². The first-order valence-corrected chi connectivity index (χ1v) is 10.3. The van der Waals surface area contributed by atoms with Crippen molar-refractivity contribution in [3.05, 3.63) is 0 Å². The fourth-order valence-corrected chi connectivity index (χ4v) is 0. The van der Waals surface area contributed by atoms with E-state index in [1.807, 2.05) is 0 Å². The van der Waals surface area contributed by atoms with Gasteiger partial charge in [-0.15, -0.1) is 0 Å². The van der Waals surface area contributed by atoms with Crippen LogP contribution in [0.4, 0.5) is 0 Å². The van der Waals surface area contributed by atoms with E-state index < -0.39 is 29.6 Å². The molecule has 0 unspecified atom stereocenters. The van der Waals surface area contributed by atoms with Gasteiger partial charge in [-0.3, -0.25) is 0 Å². The van der Waals surface area contributed by atoms with Gasteiger partial charge in [0, 0.05) is 0 Å². The maximum absolute atomic E-state index is 5.00. The molecule has 0 heterocycles. The molecule has 5 heteroatoms. The molecule has 0 aliphatic rings. The molecule has 0 amide bonds. The second-order valence-corrected chi connectivity index (χ2v) is 11.7. The monoisotopic (exact) mass is 275 g/mol. The van der Waals surface area contributed by atoms with Gasteiger partial charge in [-0.25, -0.2) is 0 Å². The Morgan fingerprint density at radius 3 is 1.00 bits per heavy atom. The molecular weight excluding hydrogens is 273 g/mol. The second-order valence-electron chi connectivity index (χ2n) is 0.175. The molecule has 2 N–H and O–H groups in total. The van der Waals surface area contributed by atoms with Crippen molar-refractivity contribution in [3.8, 4) is 0 Å². The first kappa shape index (κ1) is 10.2. The number of halogens is 3. The van der Waals surface area contributed by atoms with Crippen LogP contribution in [0.15, 0.2) is 0 Å². The summed E-state index contributed by atoms with van der Waals surface area (Å²) in [4.78, 5) is 0. The SMILES string of the molecule is O.[Cl][Sm]([Cl])[Cl]. The molecule has 0 spiro atoms. The van der Waals surface area contributed by atoms with Crippen LogP contribution in [-0.4, -0.2) is 5.48 Å². The zero-order valence-corrected chi connectivity index (χ0v) is 6.93. The summed E-state index contributed by atoms with van der Waals surface area (Å²) in [6.07, 6.45) is 0. The van der Waals surface area contributed by atoms with Crippen molar-refractivity contribution in [2.45, 2.75) is 0 Å². The Kier molecular flexibility index (Phi) is 12.6. The van der Waals surface area contributed by atoms with Crippen LogP contribution in [0, 0.1) is 29.6 Å². The average molecular weight is 275 g/mol. The Morgan fingerprint density at radius 2 is 1.00 bits per heavy atom. The van der Waals surface area contributed by atoms with Crippen LogP contribution in [0.25, 0.3) is 0 Å². The Bertz CT molecular complexity index is 11.6. The second kappa shape index (κ2) is 6.17. The fourth-order valence-electron chi connectivity index (χ4n) is 0. The Labute approximate surface area is 51.5 Å².